The van der Waals surface area contributed by atoms with Gasteiger partial charge in [-0.25, -0.2) is 4.98 Å². The van der Waals surface area contributed by atoms with Crippen LogP contribution in [0.1, 0.15) is 50.0 Å². The topological polar surface area (TPSA) is 33.1 Å². The van der Waals surface area contributed by atoms with Crippen LogP contribution < -0.4 is 0 Å². The van der Waals surface area contributed by atoms with Gasteiger partial charge in [-0.1, -0.05) is 32.6 Å². The maximum Gasteiger partial charge on any atom is 0.122 e. The zero-order chi connectivity index (χ0) is 10.4. The standard InChI is InChI=1S/C10H16BrNOS/c1-2-3-4-5-6-8(13)9-10(11)12-7-14-9/h7-8,13H,2-6H2,1H3. The Morgan fingerprint density at radius 3 is 2.86 bits per heavy atom. The van der Waals surface area contributed by atoms with E-state index in [1.807, 2.05) is 0 Å². The Hall–Kier alpha value is 0.0700. The zero-order valence-electron chi connectivity index (χ0n) is 8.37. The highest BCUT2D eigenvalue weighted by Crippen LogP contribution is 2.29. The molecule has 80 valence electrons. The number of thiazole rings is 1. The third-order valence-corrected chi connectivity index (χ3v) is 4.01. The molecule has 1 N–H and O–H groups in total. The fourth-order valence-electron chi connectivity index (χ4n) is 1.35. The molecule has 0 amide bonds. The molecular formula is C10H16BrNOS. The van der Waals surface area contributed by atoms with E-state index in [-0.39, 0.29) is 6.10 Å². The Balaban J connectivity index is 2.28. The molecule has 0 radical (unpaired) electrons. The van der Waals surface area contributed by atoms with Crippen LogP contribution in [0, 0.1) is 0 Å². The summed E-state index contributed by atoms with van der Waals surface area (Å²) in [4.78, 5) is 5.02. The van der Waals surface area contributed by atoms with E-state index in [0.29, 0.717) is 0 Å². The van der Waals surface area contributed by atoms with Gasteiger partial charge in [0, 0.05) is 0 Å². The van der Waals surface area contributed by atoms with E-state index in [0.717, 1.165) is 22.3 Å². The molecule has 2 nitrogen and oxygen atoms in total. The first-order valence-electron chi connectivity index (χ1n) is 5.02. The summed E-state index contributed by atoms with van der Waals surface area (Å²) in [6.45, 7) is 2.19. The van der Waals surface area contributed by atoms with E-state index in [2.05, 4.69) is 27.8 Å². The molecule has 0 fully saturated rings. The van der Waals surface area contributed by atoms with Crippen molar-refractivity contribution in [3.05, 3.63) is 15.0 Å². The molecule has 0 bridgehead atoms. The molecule has 1 atom stereocenters. The minimum absolute atomic E-state index is 0.339. The Bertz CT molecular complexity index is 264. The Morgan fingerprint density at radius 2 is 2.29 bits per heavy atom. The van der Waals surface area contributed by atoms with Crippen molar-refractivity contribution in [2.24, 2.45) is 0 Å². The first kappa shape index (κ1) is 12.1. The van der Waals surface area contributed by atoms with Gasteiger partial charge in [-0.05, 0) is 22.4 Å². The van der Waals surface area contributed by atoms with Gasteiger partial charge in [-0.15, -0.1) is 11.3 Å². The highest BCUT2D eigenvalue weighted by molar-refractivity contribution is 9.10. The van der Waals surface area contributed by atoms with Crippen molar-refractivity contribution in [1.82, 2.24) is 4.98 Å². The number of rotatable bonds is 6. The van der Waals surface area contributed by atoms with Crippen LogP contribution in [0.15, 0.2) is 10.1 Å². The number of halogens is 1. The summed E-state index contributed by atoms with van der Waals surface area (Å²) < 4.78 is 0.797. The highest BCUT2D eigenvalue weighted by atomic mass is 79.9. The van der Waals surface area contributed by atoms with Crippen molar-refractivity contribution in [3.63, 3.8) is 0 Å². The molecule has 1 unspecified atom stereocenters. The molecule has 0 saturated heterocycles. The average Bonchev–Trinajstić information content (AvgIpc) is 2.59. The summed E-state index contributed by atoms with van der Waals surface area (Å²) in [7, 11) is 0. The van der Waals surface area contributed by atoms with E-state index in [4.69, 9.17) is 0 Å². The van der Waals surface area contributed by atoms with E-state index >= 15 is 0 Å². The first-order chi connectivity index (χ1) is 6.75. The molecule has 0 aliphatic heterocycles. The average molecular weight is 278 g/mol. The molecular weight excluding hydrogens is 262 g/mol. The normalized spacial score (nSPS) is 13.1. The quantitative estimate of drug-likeness (QED) is 0.800. The van der Waals surface area contributed by atoms with Gasteiger partial charge in [-0.2, -0.15) is 0 Å². The lowest BCUT2D eigenvalue weighted by atomic mass is 10.1. The lowest BCUT2D eigenvalue weighted by Crippen LogP contribution is -1.95. The van der Waals surface area contributed by atoms with Crippen LogP contribution in [-0.4, -0.2) is 10.1 Å². The summed E-state index contributed by atoms with van der Waals surface area (Å²) in [6.07, 6.45) is 5.31. The largest absolute Gasteiger partial charge is 0.387 e. The van der Waals surface area contributed by atoms with Gasteiger partial charge in [0.15, 0.2) is 0 Å². The Labute approximate surface area is 97.5 Å². The predicted octanol–water partition coefficient (Wildman–Crippen LogP) is 3.91. The minimum atomic E-state index is -0.339. The fourth-order valence-corrected chi connectivity index (χ4v) is 2.83. The maximum absolute atomic E-state index is 9.83. The van der Waals surface area contributed by atoms with Crippen LogP contribution in [0.25, 0.3) is 0 Å². The molecule has 0 saturated carbocycles. The van der Waals surface area contributed by atoms with Crippen LogP contribution in [-0.2, 0) is 0 Å². The predicted molar refractivity (Wildman–Crippen MR) is 63.5 cm³/mol. The van der Waals surface area contributed by atoms with Crippen molar-refractivity contribution in [2.75, 3.05) is 0 Å². The number of nitrogens with zero attached hydrogens (tertiary/aromatic N) is 1. The van der Waals surface area contributed by atoms with E-state index in [1.54, 1.807) is 5.51 Å². The number of hydrogen-bond donors (Lipinski definition) is 1. The summed E-state index contributed by atoms with van der Waals surface area (Å²) >= 11 is 4.84. The molecule has 1 aromatic heterocycles. The second-order valence-corrected chi connectivity index (χ2v) is 5.01. The van der Waals surface area contributed by atoms with Gasteiger partial charge in [-0.3, -0.25) is 0 Å². The van der Waals surface area contributed by atoms with Crippen molar-refractivity contribution >= 4 is 27.3 Å². The van der Waals surface area contributed by atoms with Crippen LogP contribution in [0.2, 0.25) is 0 Å². The molecule has 0 aromatic carbocycles. The Kier molecular flexibility index (Phi) is 5.67. The summed E-state index contributed by atoms with van der Waals surface area (Å²) in [5.74, 6) is 0. The SMILES string of the molecule is CCCCCCC(O)c1scnc1Br. The third kappa shape index (κ3) is 3.67. The number of unbranched alkanes of at least 4 members (excludes halogenated alkanes) is 3. The van der Waals surface area contributed by atoms with Crippen molar-refractivity contribution in [1.29, 1.82) is 0 Å². The molecule has 0 aliphatic rings. The number of aromatic nitrogens is 1. The van der Waals surface area contributed by atoms with Crippen LogP contribution in [0.5, 0.6) is 0 Å². The van der Waals surface area contributed by atoms with Crippen molar-refractivity contribution < 1.29 is 5.11 Å². The highest BCUT2D eigenvalue weighted by Gasteiger charge is 2.12. The van der Waals surface area contributed by atoms with Crippen LogP contribution in [0.3, 0.4) is 0 Å². The monoisotopic (exact) mass is 277 g/mol. The van der Waals surface area contributed by atoms with Gasteiger partial charge in [0.25, 0.3) is 0 Å². The van der Waals surface area contributed by atoms with Gasteiger partial charge in [0.2, 0.25) is 0 Å². The van der Waals surface area contributed by atoms with Gasteiger partial charge >= 0.3 is 0 Å². The van der Waals surface area contributed by atoms with Gasteiger partial charge in [0.05, 0.1) is 16.5 Å². The second kappa shape index (κ2) is 6.53. The van der Waals surface area contributed by atoms with Crippen molar-refractivity contribution in [2.45, 2.75) is 45.1 Å². The summed E-state index contributed by atoms with van der Waals surface area (Å²) in [6, 6.07) is 0. The lowest BCUT2D eigenvalue weighted by Gasteiger charge is -2.07. The molecule has 1 heterocycles. The smallest absolute Gasteiger partial charge is 0.122 e. The van der Waals surface area contributed by atoms with E-state index in [9.17, 15) is 5.11 Å². The van der Waals surface area contributed by atoms with E-state index in [1.165, 1.54) is 30.6 Å². The molecule has 1 rings (SSSR count). The molecule has 0 aliphatic carbocycles. The number of aliphatic hydroxyl groups excluding tert-OH is 1. The molecule has 0 spiro atoms. The zero-order valence-corrected chi connectivity index (χ0v) is 10.8. The van der Waals surface area contributed by atoms with Gasteiger partial charge in [0.1, 0.15) is 4.60 Å². The number of hydrogen-bond acceptors (Lipinski definition) is 3. The summed E-state index contributed by atoms with van der Waals surface area (Å²) in [5, 5.41) is 9.83. The van der Waals surface area contributed by atoms with Crippen LogP contribution in [0.4, 0.5) is 0 Å². The third-order valence-electron chi connectivity index (χ3n) is 2.18. The fraction of sp³-hybridized carbons (Fsp3) is 0.700. The number of aliphatic hydroxyl groups is 1. The minimum Gasteiger partial charge on any atom is -0.387 e. The summed E-state index contributed by atoms with van der Waals surface area (Å²) in [5.41, 5.74) is 1.76. The van der Waals surface area contributed by atoms with E-state index < -0.39 is 0 Å². The molecule has 1 aromatic rings. The van der Waals surface area contributed by atoms with Crippen LogP contribution >= 0.6 is 27.3 Å². The maximum atomic E-state index is 9.83. The molecule has 4 heteroatoms. The second-order valence-electron chi connectivity index (χ2n) is 3.37. The molecule has 14 heavy (non-hydrogen) atoms. The van der Waals surface area contributed by atoms with Gasteiger partial charge < -0.3 is 5.11 Å². The lowest BCUT2D eigenvalue weighted by molar-refractivity contribution is 0.166. The van der Waals surface area contributed by atoms with Crippen molar-refractivity contribution in [3.8, 4) is 0 Å². The Morgan fingerprint density at radius 1 is 1.50 bits per heavy atom. The first-order valence-corrected chi connectivity index (χ1v) is 6.70.